The molecule has 1 aromatic rings. The average Bonchev–Trinajstić information content (AvgIpc) is 2.65. The van der Waals surface area contributed by atoms with E-state index in [9.17, 15) is 0 Å². The highest BCUT2D eigenvalue weighted by Gasteiger charge is 2.04. The molecule has 7 heteroatoms. The van der Waals surface area contributed by atoms with Crippen molar-refractivity contribution in [3.63, 3.8) is 0 Å². The van der Waals surface area contributed by atoms with E-state index in [0.717, 1.165) is 10.6 Å². The molecule has 1 rings (SSSR count). The largest absolute Gasteiger partial charge is 0.394 e. The number of nitrogen functional groups attached to an aromatic ring is 1. The lowest BCUT2D eigenvalue weighted by atomic mass is 10.4. The molecule has 80 valence electrons. The van der Waals surface area contributed by atoms with Crippen LogP contribution in [0.2, 0.25) is 0 Å². The first kappa shape index (κ1) is 11.7. The normalized spacial score (nSPS) is 12.8. The van der Waals surface area contributed by atoms with Crippen molar-refractivity contribution in [1.29, 1.82) is 0 Å². The zero-order chi connectivity index (χ0) is 10.4. The highest BCUT2D eigenvalue weighted by atomic mass is 32.2. The first-order valence-electron chi connectivity index (χ1n) is 4.04. The Bertz CT molecular complexity index is 269. The number of thioether (sulfide) groups is 1. The number of nitrogens with one attached hydrogen (secondary N) is 1. The molecule has 5 nitrogen and oxygen atoms in total. The second-order valence-corrected chi connectivity index (χ2v) is 4.77. The van der Waals surface area contributed by atoms with E-state index in [-0.39, 0.29) is 6.61 Å². The first-order chi connectivity index (χ1) is 6.76. The van der Waals surface area contributed by atoms with E-state index in [2.05, 4.69) is 10.4 Å². The lowest BCUT2D eigenvalue weighted by Gasteiger charge is -2.04. The van der Waals surface area contributed by atoms with Gasteiger partial charge in [0.1, 0.15) is 0 Å². The maximum atomic E-state index is 9.07. The topological polar surface area (TPSA) is 91.4 Å². The van der Waals surface area contributed by atoms with Gasteiger partial charge >= 0.3 is 0 Å². The summed E-state index contributed by atoms with van der Waals surface area (Å²) in [5, 5.41) is 18.3. The third-order valence-corrected chi connectivity index (χ3v) is 3.69. The zero-order valence-corrected chi connectivity index (χ0v) is 9.14. The minimum absolute atomic E-state index is 0.189. The van der Waals surface area contributed by atoms with Gasteiger partial charge in [0.2, 0.25) is 0 Å². The number of aliphatic hydroxyl groups excluding tert-OH is 2. The molecule has 1 heterocycles. The minimum atomic E-state index is -0.639. The van der Waals surface area contributed by atoms with Crippen LogP contribution in [-0.2, 0) is 5.75 Å². The zero-order valence-electron chi connectivity index (χ0n) is 7.51. The van der Waals surface area contributed by atoms with Crippen molar-refractivity contribution in [3.05, 3.63) is 11.1 Å². The van der Waals surface area contributed by atoms with Crippen LogP contribution in [0.15, 0.2) is 6.20 Å². The van der Waals surface area contributed by atoms with Crippen LogP contribution in [0.3, 0.4) is 0 Å². The predicted molar refractivity (Wildman–Crippen MR) is 59.2 cm³/mol. The van der Waals surface area contributed by atoms with E-state index in [1.165, 1.54) is 11.3 Å². The molecule has 0 bridgehead atoms. The smallest absolute Gasteiger partial charge is 0.197 e. The summed E-state index contributed by atoms with van der Waals surface area (Å²) in [6.07, 6.45) is 1.11. The molecule has 0 aliphatic heterocycles. The Kier molecular flexibility index (Phi) is 5.20. The third-order valence-electron chi connectivity index (χ3n) is 1.44. The molecule has 0 radical (unpaired) electrons. The predicted octanol–water partition coefficient (Wildman–Crippen LogP) is 0.0151. The van der Waals surface area contributed by atoms with Gasteiger partial charge in [-0.15, -0.1) is 11.3 Å². The Hall–Kier alpha value is -0.340. The summed E-state index contributed by atoms with van der Waals surface area (Å²) in [6.45, 7) is -0.189. The van der Waals surface area contributed by atoms with Crippen LogP contribution in [0.1, 0.15) is 4.88 Å². The molecule has 14 heavy (non-hydrogen) atoms. The fourth-order valence-corrected chi connectivity index (χ4v) is 2.56. The number of rotatable bonds is 6. The lowest BCUT2D eigenvalue weighted by Crippen LogP contribution is -2.14. The number of aromatic nitrogens is 1. The molecular formula is C7H13N3O2S2. The summed E-state index contributed by atoms with van der Waals surface area (Å²) in [4.78, 5) is 5.10. The summed E-state index contributed by atoms with van der Waals surface area (Å²) < 4.78 is 0. The standard InChI is InChI=1S/C7H13N3O2S2/c8-10-7-9-1-6(14-7)4-13-3-5(12)2-11/h1,5,11-12H,2-4,8H2,(H,9,10). The fraction of sp³-hybridized carbons (Fsp3) is 0.571. The molecule has 0 amide bonds. The van der Waals surface area contributed by atoms with Gasteiger partial charge in [0.25, 0.3) is 0 Å². The number of hydrazine groups is 1. The fourth-order valence-electron chi connectivity index (χ4n) is 0.789. The number of hydrogen-bond acceptors (Lipinski definition) is 7. The van der Waals surface area contributed by atoms with Gasteiger partial charge in [-0.05, 0) is 0 Å². The maximum absolute atomic E-state index is 9.07. The van der Waals surface area contributed by atoms with Gasteiger partial charge < -0.3 is 10.2 Å². The first-order valence-corrected chi connectivity index (χ1v) is 6.01. The summed E-state index contributed by atoms with van der Waals surface area (Å²) >= 11 is 3.03. The van der Waals surface area contributed by atoms with Crippen LogP contribution in [0.5, 0.6) is 0 Å². The molecule has 0 fully saturated rings. The highest BCUT2D eigenvalue weighted by Crippen LogP contribution is 2.22. The van der Waals surface area contributed by atoms with Gasteiger partial charge in [0, 0.05) is 22.6 Å². The molecule has 0 spiro atoms. The van der Waals surface area contributed by atoms with Crippen LogP contribution >= 0.6 is 23.1 Å². The van der Waals surface area contributed by atoms with Crippen LogP contribution in [0.4, 0.5) is 5.13 Å². The molecule has 5 N–H and O–H groups in total. The van der Waals surface area contributed by atoms with E-state index in [0.29, 0.717) is 10.9 Å². The molecule has 0 saturated carbocycles. The minimum Gasteiger partial charge on any atom is -0.394 e. The van der Waals surface area contributed by atoms with Crippen LogP contribution < -0.4 is 11.3 Å². The monoisotopic (exact) mass is 235 g/mol. The Morgan fingerprint density at radius 1 is 1.71 bits per heavy atom. The lowest BCUT2D eigenvalue weighted by molar-refractivity contribution is 0.113. The number of nitrogens with two attached hydrogens (primary N) is 1. The molecule has 0 aliphatic rings. The Balaban J connectivity index is 2.24. The van der Waals surface area contributed by atoms with Gasteiger partial charge in [-0.25, -0.2) is 10.8 Å². The van der Waals surface area contributed by atoms with Crippen LogP contribution in [0, 0.1) is 0 Å². The second-order valence-electron chi connectivity index (χ2n) is 2.63. The van der Waals surface area contributed by atoms with Crippen LogP contribution in [-0.4, -0.2) is 33.7 Å². The van der Waals surface area contributed by atoms with E-state index >= 15 is 0 Å². The van der Waals surface area contributed by atoms with E-state index < -0.39 is 6.10 Å². The third kappa shape index (κ3) is 3.81. The summed E-state index contributed by atoms with van der Waals surface area (Å²) in [5.74, 6) is 6.48. The number of anilines is 1. The number of thiazole rings is 1. The molecule has 0 saturated heterocycles. The Morgan fingerprint density at radius 2 is 2.50 bits per heavy atom. The maximum Gasteiger partial charge on any atom is 0.197 e. The Morgan fingerprint density at radius 3 is 3.07 bits per heavy atom. The summed E-state index contributed by atoms with van der Waals surface area (Å²) in [7, 11) is 0. The molecule has 1 aromatic heterocycles. The number of aliphatic hydroxyl groups is 2. The quantitative estimate of drug-likeness (QED) is 0.410. The summed E-state index contributed by atoms with van der Waals surface area (Å²) in [5.41, 5.74) is 2.47. The van der Waals surface area contributed by atoms with Crippen molar-refractivity contribution in [2.75, 3.05) is 17.8 Å². The van der Waals surface area contributed by atoms with E-state index in [1.807, 2.05) is 0 Å². The molecule has 0 aliphatic carbocycles. The molecule has 1 atom stereocenters. The van der Waals surface area contributed by atoms with Crippen molar-refractivity contribution in [3.8, 4) is 0 Å². The van der Waals surface area contributed by atoms with Crippen molar-refractivity contribution >= 4 is 28.2 Å². The van der Waals surface area contributed by atoms with Gasteiger partial charge in [-0.2, -0.15) is 11.8 Å². The van der Waals surface area contributed by atoms with Gasteiger partial charge in [0.05, 0.1) is 12.7 Å². The SMILES string of the molecule is NNc1ncc(CSCC(O)CO)s1. The van der Waals surface area contributed by atoms with Gasteiger partial charge in [0.15, 0.2) is 5.13 Å². The van der Waals surface area contributed by atoms with Gasteiger partial charge in [-0.1, -0.05) is 0 Å². The van der Waals surface area contributed by atoms with E-state index in [4.69, 9.17) is 16.1 Å². The Labute approximate surface area is 90.3 Å². The van der Waals surface area contributed by atoms with Gasteiger partial charge in [-0.3, -0.25) is 5.43 Å². The van der Waals surface area contributed by atoms with Crippen molar-refractivity contribution in [1.82, 2.24) is 4.98 Å². The molecule has 1 unspecified atom stereocenters. The molecule has 0 aromatic carbocycles. The van der Waals surface area contributed by atoms with Crippen molar-refractivity contribution < 1.29 is 10.2 Å². The highest BCUT2D eigenvalue weighted by molar-refractivity contribution is 7.98. The summed E-state index contributed by atoms with van der Waals surface area (Å²) in [6, 6.07) is 0. The average molecular weight is 235 g/mol. The van der Waals surface area contributed by atoms with Crippen LogP contribution in [0.25, 0.3) is 0 Å². The molecular weight excluding hydrogens is 222 g/mol. The second kappa shape index (κ2) is 6.20. The van der Waals surface area contributed by atoms with Crippen molar-refractivity contribution in [2.45, 2.75) is 11.9 Å². The van der Waals surface area contributed by atoms with E-state index in [1.54, 1.807) is 18.0 Å². The van der Waals surface area contributed by atoms with Crippen molar-refractivity contribution in [2.24, 2.45) is 5.84 Å². The number of nitrogens with zero attached hydrogens (tertiary/aromatic N) is 1. The number of hydrogen-bond donors (Lipinski definition) is 4.